The van der Waals surface area contributed by atoms with Gasteiger partial charge in [0.2, 0.25) is 0 Å². The van der Waals surface area contributed by atoms with Gasteiger partial charge in [-0.25, -0.2) is 8.93 Å². The summed E-state index contributed by atoms with van der Waals surface area (Å²) < 4.78 is 28.1. The SMILES string of the molecule is COC1CCC2(CC1)Cc1ccc(OCC3CCC3)cc1C2NS(=O)C(C)(C)C. The minimum Gasteiger partial charge on any atom is -0.493 e. The van der Waals surface area contributed by atoms with Crippen LogP contribution in [0.15, 0.2) is 18.2 Å². The molecule has 5 heteroatoms. The van der Waals surface area contributed by atoms with Crippen LogP contribution in [0.3, 0.4) is 0 Å². The molecule has 2 saturated carbocycles. The predicted molar refractivity (Wildman–Crippen MR) is 118 cm³/mol. The van der Waals surface area contributed by atoms with Gasteiger partial charge >= 0.3 is 0 Å². The highest BCUT2D eigenvalue weighted by atomic mass is 32.2. The minimum atomic E-state index is -1.10. The molecule has 2 atom stereocenters. The third kappa shape index (κ3) is 4.42. The van der Waals surface area contributed by atoms with E-state index in [2.05, 4.69) is 22.9 Å². The molecule has 0 aliphatic heterocycles. The molecule has 4 nitrogen and oxygen atoms in total. The Balaban J connectivity index is 1.58. The summed E-state index contributed by atoms with van der Waals surface area (Å²) in [4.78, 5) is 0. The molecule has 0 saturated heterocycles. The van der Waals surface area contributed by atoms with E-state index in [0.717, 1.165) is 50.4 Å². The van der Waals surface area contributed by atoms with E-state index < -0.39 is 11.0 Å². The summed E-state index contributed by atoms with van der Waals surface area (Å²) in [6, 6.07) is 6.72. The second-order valence-electron chi connectivity index (χ2n) is 10.4. The molecule has 29 heavy (non-hydrogen) atoms. The summed E-state index contributed by atoms with van der Waals surface area (Å²) in [6.45, 7) is 6.95. The molecule has 1 spiro atoms. The van der Waals surface area contributed by atoms with E-state index in [1.165, 1.54) is 30.4 Å². The number of ether oxygens (including phenoxy) is 2. The van der Waals surface area contributed by atoms with Gasteiger partial charge < -0.3 is 9.47 Å². The lowest BCUT2D eigenvalue weighted by Gasteiger charge is -2.42. The van der Waals surface area contributed by atoms with Gasteiger partial charge in [0.15, 0.2) is 0 Å². The molecule has 0 amide bonds. The minimum absolute atomic E-state index is 0.114. The molecule has 162 valence electrons. The normalized spacial score (nSPS) is 30.8. The van der Waals surface area contributed by atoms with E-state index in [0.29, 0.717) is 6.10 Å². The van der Waals surface area contributed by atoms with Gasteiger partial charge in [0.25, 0.3) is 0 Å². The van der Waals surface area contributed by atoms with E-state index in [9.17, 15) is 4.21 Å². The van der Waals surface area contributed by atoms with E-state index in [1.54, 1.807) is 0 Å². The zero-order valence-corrected chi connectivity index (χ0v) is 19.3. The monoisotopic (exact) mass is 419 g/mol. The number of hydrogen-bond acceptors (Lipinski definition) is 3. The van der Waals surface area contributed by atoms with Crippen LogP contribution in [0.25, 0.3) is 0 Å². The third-order valence-electron chi connectivity index (χ3n) is 7.34. The van der Waals surface area contributed by atoms with Gasteiger partial charge in [0.1, 0.15) is 5.75 Å². The quantitative estimate of drug-likeness (QED) is 0.699. The molecular weight excluding hydrogens is 382 g/mol. The molecule has 4 rings (SSSR count). The predicted octanol–water partition coefficient (Wildman–Crippen LogP) is 5.09. The van der Waals surface area contributed by atoms with Gasteiger partial charge in [-0.3, -0.25) is 0 Å². The lowest BCUT2D eigenvalue weighted by molar-refractivity contribution is 0.0187. The van der Waals surface area contributed by atoms with Crippen LogP contribution < -0.4 is 9.46 Å². The Morgan fingerprint density at radius 1 is 1.17 bits per heavy atom. The number of rotatable bonds is 6. The maximum Gasteiger partial charge on any atom is 0.119 e. The van der Waals surface area contributed by atoms with Crippen molar-refractivity contribution in [1.82, 2.24) is 4.72 Å². The van der Waals surface area contributed by atoms with Gasteiger partial charge in [0.05, 0.1) is 34.5 Å². The van der Waals surface area contributed by atoms with Gasteiger partial charge in [-0.15, -0.1) is 0 Å². The summed E-state index contributed by atoms with van der Waals surface area (Å²) in [5.74, 6) is 1.69. The number of nitrogens with one attached hydrogen (secondary N) is 1. The molecule has 0 aromatic heterocycles. The standard InChI is InChI=1S/C24H37NO3S/c1-23(2,3)29(26)25-22-21-14-20(28-16-17-6-5-7-17)9-8-18(21)15-24(22)12-10-19(27-4)11-13-24/h8-9,14,17,19,22,25H,5-7,10-13,15-16H2,1-4H3. The highest BCUT2D eigenvalue weighted by Gasteiger charge is 2.49. The fourth-order valence-electron chi connectivity index (χ4n) is 5.12. The first-order valence-corrected chi connectivity index (χ1v) is 12.4. The van der Waals surface area contributed by atoms with Gasteiger partial charge in [-0.2, -0.15) is 0 Å². The second-order valence-corrected chi connectivity index (χ2v) is 12.4. The molecule has 3 aliphatic rings. The Labute approximate surface area is 178 Å². The number of benzene rings is 1. The molecule has 1 aromatic carbocycles. The van der Waals surface area contributed by atoms with Gasteiger partial charge in [-0.1, -0.05) is 12.5 Å². The van der Waals surface area contributed by atoms with E-state index in [1.807, 2.05) is 27.9 Å². The van der Waals surface area contributed by atoms with Crippen molar-refractivity contribution in [3.8, 4) is 5.75 Å². The van der Waals surface area contributed by atoms with Crippen molar-refractivity contribution >= 4 is 11.0 Å². The molecule has 1 N–H and O–H groups in total. The molecule has 2 fully saturated rings. The zero-order chi connectivity index (χ0) is 20.6. The van der Waals surface area contributed by atoms with E-state index in [4.69, 9.17) is 9.47 Å². The van der Waals surface area contributed by atoms with Crippen LogP contribution in [0.2, 0.25) is 0 Å². The Hall–Kier alpha value is -0.910. The van der Waals surface area contributed by atoms with E-state index in [-0.39, 0.29) is 16.2 Å². The van der Waals surface area contributed by atoms with Crippen LogP contribution in [0.4, 0.5) is 0 Å². The van der Waals surface area contributed by atoms with Gasteiger partial charge in [-0.05, 0) is 100 Å². The number of fused-ring (bicyclic) bond motifs is 1. The molecule has 0 bridgehead atoms. The van der Waals surface area contributed by atoms with E-state index >= 15 is 0 Å². The average Bonchev–Trinajstić information content (AvgIpc) is 2.93. The van der Waals surface area contributed by atoms with Crippen molar-refractivity contribution in [1.29, 1.82) is 0 Å². The molecule has 0 heterocycles. The molecule has 0 radical (unpaired) electrons. The van der Waals surface area contributed by atoms with Crippen LogP contribution in [-0.4, -0.2) is 28.8 Å². The lowest BCUT2D eigenvalue weighted by atomic mass is 9.69. The first kappa shape index (κ1) is 21.3. The Morgan fingerprint density at radius 2 is 1.90 bits per heavy atom. The molecule has 3 aliphatic carbocycles. The molecule has 1 aromatic rings. The number of hydrogen-bond donors (Lipinski definition) is 1. The molecular formula is C24H37NO3S. The lowest BCUT2D eigenvalue weighted by Crippen LogP contribution is -2.44. The number of methoxy groups -OCH3 is 1. The van der Waals surface area contributed by atoms with Gasteiger partial charge in [0, 0.05) is 7.11 Å². The van der Waals surface area contributed by atoms with Crippen LogP contribution in [-0.2, 0) is 22.1 Å². The van der Waals surface area contributed by atoms with Crippen molar-refractivity contribution in [2.24, 2.45) is 11.3 Å². The fourth-order valence-corrected chi connectivity index (χ4v) is 6.06. The highest BCUT2D eigenvalue weighted by molar-refractivity contribution is 7.84. The van der Waals surface area contributed by atoms with Crippen LogP contribution in [0.1, 0.15) is 82.9 Å². The van der Waals surface area contributed by atoms with Crippen molar-refractivity contribution in [3.63, 3.8) is 0 Å². The topological polar surface area (TPSA) is 47.6 Å². The van der Waals surface area contributed by atoms with Crippen molar-refractivity contribution in [3.05, 3.63) is 29.3 Å². The summed E-state index contributed by atoms with van der Waals surface area (Å²) >= 11 is 0. The zero-order valence-electron chi connectivity index (χ0n) is 18.5. The summed E-state index contributed by atoms with van der Waals surface area (Å²) in [5, 5.41) is 0. The highest BCUT2D eigenvalue weighted by Crippen LogP contribution is 2.55. The van der Waals surface area contributed by atoms with Crippen molar-refractivity contribution in [2.75, 3.05) is 13.7 Å². The van der Waals surface area contributed by atoms with Crippen LogP contribution in [0.5, 0.6) is 5.75 Å². The fraction of sp³-hybridized carbons (Fsp3) is 0.750. The first-order valence-electron chi connectivity index (χ1n) is 11.3. The first-order chi connectivity index (χ1) is 13.8. The Kier molecular flexibility index (Phi) is 6.12. The summed E-state index contributed by atoms with van der Waals surface area (Å²) in [5.41, 5.74) is 2.81. The van der Waals surface area contributed by atoms with Crippen LogP contribution >= 0.6 is 0 Å². The summed E-state index contributed by atoms with van der Waals surface area (Å²) in [7, 11) is 0.717. The third-order valence-corrected chi connectivity index (χ3v) is 8.90. The summed E-state index contributed by atoms with van der Waals surface area (Å²) in [6.07, 6.45) is 9.72. The Bertz CT molecular complexity index is 745. The average molecular weight is 420 g/mol. The smallest absolute Gasteiger partial charge is 0.119 e. The maximum absolute atomic E-state index is 13.1. The second kappa shape index (κ2) is 8.32. The largest absolute Gasteiger partial charge is 0.493 e. The van der Waals surface area contributed by atoms with Crippen LogP contribution in [0, 0.1) is 11.3 Å². The Morgan fingerprint density at radius 3 is 2.48 bits per heavy atom. The van der Waals surface area contributed by atoms with Crippen molar-refractivity contribution in [2.45, 2.75) is 89.0 Å². The van der Waals surface area contributed by atoms with Crippen molar-refractivity contribution < 1.29 is 13.7 Å². The maximum atomic E-state index is 13.1. The molecule has 2 unspecified atom stereocenters.